The van der Waals surface area contributed by atoms with Crippen LogP contribution in [0.25, 0.3) is 11.3 Å². The van der Waals surface area contributed by atoms with E-state index in [9.17, 15) is 17.2 Å². The molecule has 0 saturated carbocycles. The monoisotopic (exact) mass is 430 g/mol. The summed E-state index contributed by atoms with van der Waals surface area (Å²) in [5.41, 5.74) is 1.48. The zero-order chi connectivity index (χ0) is 21.1. The molecule has 0 unspecified atom stereocenters. The highest BCUT2D eigenvalue weighted by Crippen LogP contribution is 2.25. The lowest BCUT2D eigenvalue weighted by Crippen LogP contribution is -2.30. The Hall–Kier alpha value is -3.07. The number of anilines is 2. The van der Waals surface area contributed by atoms with Crippen LogP contribution in [-0.4, -0.2) is 31.7 Å². The molecule has 4 rings (SSSR count). The highest BCUT2D eigenvalue weighted by Gasteiger charge is 2.20. The number of rotatable bonds is 5. The first-order valence-corrected chi connectivity index (χ1v) is 11.1. The Morgan fingerprint density at radius 2 is 1.70 bits per heavy atom. The van der Waals surface area contributed by atoms with Gasteiger partial charge in [-0.15, -0.1) is 10.2 Å². The molecule has 3 aromatic rings. The summed E-state index contributed by atoms with van der Waals surface area (Å²) in [5.74, 6) is -1.18. The maximum atomic E-state index is 13.9. The van der Waals surface area contributed by atoms with E-state index in [1.165, 1.54) is 12.5 Å². The molecule has 0 spiro atoms. The lowest BCUT2D eigenvalue weighted by atomic mass is 10.1. The topological polar surface area (TPSA) is 75.2 Å². The van der Waals surface area contributed by atoms with Crippen molar-refractivity contribution >= 4 is 21.5 Å². The standard InChI is InChI=1S/C21H20F2N4O2S/c22-16-7-9-20(18(23)14-16)30(28,29)26-17-6-4-5-15(13-17)19-8-10-21(25-24-19)27-11-2-1-3-12-27/h4-10,13-14,26H,1-3,11-12H2. The molecular weight excluding hydrogens is 410 g/mol. The van der Waals surface area contributed by atoms with Gasteiger partial charge < -0.3 is 4.90 Å². The van der Waals surface area contributed by atoms with Crippen molar-refractivity contribution in [3.63, 3.8) is 0 Å². The molecule has 0 aliphatic carbocycles. The first-order valence-electron chi connectivity index (χ1n) is 9.59. The van der Waals surface area contributed by atoms with Crippen molar-refractivity contribution < 1.29 is 17.2 Å². The van der Waals surface area contributed by atoms with E-state index in [1.807, 2.05) is 12.1 Å². The Bertz CT molecular complexity index is 1150. The molecule has 30 heavy (non-hydrogen) atoms. The van der Waals surface area contributed by atoms with Gasteiger partial charge in [-0.25, -0.2) is 17.2 Å². The number of halogens is 2. The smallest absolute Gasteiger partial charge is 0.264 e. The number of sulfonamides is 1. The van der Waals surface area contributed by atoms with E-state index >= 15 is 0 Å². The lowest BCUT2D eigenvalue weighted by molar-refractivity contribution is 0.551. The largest absolute Gasteiger partial charge is 0.355 e. The maximum Gasteiger partial charge on any atom is 0.264 e. The van der Waals surface area contributed by atoms with E-state index in [4.69, 9.17) is 0 Å². The minimum atomic E-state index is -4.22. The molecule has 1 aliphatic heterocycles. The third kappa shape index (κ3) is 4.40. The van der Waals surface area contributed by atoms with Crippen molar-refractivity contribution in [3.05, 3.63) is 66.2 Å². The number of benzene rings is 2. The van der Waals surface area contributed by atoms with Crippen LogP contribution in [-0.2, 0) is 10.0 Å². The first-order chi connectivity index (χ1) is 14.4. The van der Waals surface area contributed by atoms with Crippen molar-refractivity contribution in [3.8, 4) is 11.3 Å². The molecule has 0 radical (unpaired) electrons. The molecule has 2 aromatic carbocycles. The molecule has 1 aromatic heterocycles. The molecule has 0 bridgehead atoms. The van der Waals surface area contributed by atoms with Gasteiger partial charge in [0.2, 0.25) is 0 Å². The third-order valence-corrected chi connectivity index (χ3v) is 6.34. The van der Waals surface area contributed by atoms with Crippen LogP contribution in [0, 0.1) is 11.6 Å². The van der Waals surface area contributed by atoms with Gasteiger partial charge >= 0.3 is 0 Å². The summed E-state index contributed by atoms with van der Waals surface area (Å²) in [7, 11) is -4.22. The second kappa shape index (κ2) is 8.35. The van der Waals surface area contributed by atoms with Crippen LogP contribution in [0.1, 0.15) is 19.3 Å². The predicted molar refractivity (Wildman–Crippen MR) is 111 cm³/mol. The van der Waals surface area contributed by atoms with Gasteiger partial charge in [-0.2, -0.15) is 0 Å². The van der Waals surface area contributed by atoms with Crippen LogP contribution >= 0.6 is 0 Å². The zero-order valence-electron chi connectivity index (χ0n) is 16.1. The molecule has 1 aliphatic rings. The van der Waals surface area contributed by atoms with E-state index in [2.05, 4.69) is 19.8 Å². The van der Waals surface area contributed by atoms with Crippen molar-refractivity contribution in [2.75, 3.05) is 22.7 Å². The highest BCUT2D eigenvalue weighted by atomic mass is 32.2. The lowest BCUT2D eigenvalue weighted by Gasteiger charge is -2.27. The SMILES string of the molecule is O=S(=O)(Nc1cccc(-c2ccc(N3CCCCC3)nn2)c1)c1ccc(F)cc1F. The fraction of sp³-hybridized carbons (Fsp3) is 0.238. The molecule has 6 nitrogen and oxygen atoms in total. The molecule has 0 atom stereocenters. The number of hydrogen-bond acceptors (Lipinski definition) is 5. The summed E-state index contributed by atoms with van der Waals surface area (Å²) < 4.78 is 54.3. The van der Waals surface area contributed by atoms with Crippen LogP contribution < -0.4 is 9.62 Å². The Morgan fingerprint density at radius 1 is 0.900 bits per heavy atom. The Balaban J connectivity index is 1.55. The molecule has 156 valence electrons. The van der Waals surface area contributed by atoms with Gasteiger partial charge in [0.15, 0.2) is 5.82 Å². The number of aromatic nitrogens is 2. The van der Waals surface area contributed by atoms with Gasteiger partial charge in [-0.05, 0) is 55.7 Å². The fourth-order valence-electron chi connectivity index (χ4n) is 3.42. The molecule has 1 saturated heterocycles. The van der Waals surface area contributed by atoms with E-state index in [-0.39, 0.29) is 5.69 Å². The number of hydrogen-bond donors (Lipinski definition) is 1. The van der Waals surface area contributed by atoms with E-state index < -0.39 is 26.6 Å². The van der Waals surface area contributed by atoms with Gasteiger partial charge in [0, 0.05) is 30.4 Å². The molecule has 9 heteroatoms. The van der Waals surface area contributed by atoms with Crippen molar-refractivity contribution in [1.82, 2.24) is 10.2 Å². The van der Waals surface area contributed by atoms with Crippen molar-refractivity contribution in [1.29, 1.82) is 0 Å². The van der Waals surface area contributed by atoms with Crippen LogP contribution in [0.4, 0.5) is 20.3 Å². The van der Waals surface area contributed by atoms with Gasteiger partial charge in [0.1, 0.15) is 16.5 Å². The van der Waals surface area contributed by atoms with Crippen LogP contribution in [0.15, 0.2) is 59.5 Å². The first kappa shape index (κ1) is 20.2. The van der Waals surface area contributed by atoms with Crippen molar-refractivity contribution in [2.24, 2.45) is 0 Å². The average molecular weight is 430 g/mol. The van der Waals surface area contributed by atoms with Gasteiger partial charge in [0.25, 0.3) is 10.0 Å². The second-order valence-electron chi connectivity index (χ2n) is 7.09. The predicted octanol–water partition coefficient (Wildman–Crippen LogP) is 4.21. The van der Waals surface area contributed by atoms with Crippen molar-refractivity contribution in [2.45, 2.75) is 24.2 Å². The number of piperidine rings is 1. The Morgan fingerprint density at radius 3 is 2.40 bits per heavy atom. The van der Waals surface area contributed by atoms with Gasteiger partial charge in [-0.3, -0.25) is 4.72 Å². The Kier molecular flexibility index (Phi) is 5.63. The molecule has 1 N–H and O–H groups in total. The zero-order valence-corrected chi connectivity index (χ0v) is 16.9. The summed E-state index contributed by atoms with van der Waals surface area (Å²) in [4.78, 5) is 1.57. The Labute approximate surface area is 173 Å². The molecule has 0 amide bonds. The third-order valence-electron chi connectivity index (χ3n) is 4.92. The molecule has 2 heterocycles. The van der Waals surface area contributed by atoms with Crippen LogP contribution in [0.5, 0.6) is 0 Å². The summed E-state index contributed by atoms with van der Waals surface area (Å²) in [6.45, 7) is 1.93. The fourth-order valence-corrected chi connectivity index (χ4v) is 4.53. The van der Waals surface area contributed by atoms with Gasteiger partial charge in [-0.1, -0.05) is 12.1 Å². The van der Waals surface area contributed by atoms with Crippen LogP contribution in [0.2, 0.25) is 0 Å². The number of nitrogens with zero attached hydrogens (tertiary/aromatic N) is 3. The minimum absolute atomic E-state index is 0.234. The summed E-state index contributed by atoms with van der Waals surface area (Å²) >= 11 is 0. The summed E-state index contributed by atoms with van der Waals surface area (Å²) in [5, 5.41) is 8.58. The second-order valence-corrected chi connectivity index (χ2v) is 8.74. The summed E-state index contributed by atoms with van der Waals surface area (Å²) in [6, 6.07) is 12.6. The quantitative estimate of drug-likeness (QED) is 0.656. The van der Waals surface area contributed by atoms with E-state index in [1.54, 1.807) is 18.2 Å². The molecular formula is C21H20F2N4O2S. The van der Waals surface area contributed by atoms with E-state index in [0.29, 0.717) is 17.3 Å². The normalized spacial score (nSPS) is 14.5. The maximum absolute atomic E-state index is 13.9. The molecule has 1 fully saturated rings. The highest BCUT2D eigenvalue weighted by molar-refractivity contribution is 7.92. The minimum Gasteiger partial charge on any atom is -0.355 e. The average Bonchev–Trinajstić information content (AvgIpc) is 2.74. The van der Waals surface area contributed by atoms with Crippen LogP contribution in [0.3, 0.4) is 0 Å². The van der Waals surface area contributed by atoms with E-state index in [0.717, 1.165) is 43.9 Å². The van der Waals surface area contributed by atoms with Gasteiger partial charge in [0.05, 0.1) is 5.69 Å². The number of nitrogens with one attached hydrogen (secondary N) is 1. The summed E-state index contributed by atoms with van der Waals surface area (Å²) in [6.07, 6.45) is 3.51.